The van der Waals surface area contributed by atoms with Crippen molar-refractivity contribution in [1.29, 1.82) is 0 Å². The van der Waals surface area contributed by atoms with Crippen LogP contribution in [0.25, 0.3) is 22.2 Å². The highest BCUT2D eigenvalue weighted by Gasteiger charge is 2.21. The third-order valence-corrected chi connectivity index (χ3v) is 5.05. The molecule has 0 saturated carbocycles. The van der Waals surface area contributed by atoms with Crippen LogP contribution >= 0.6 is 0 Å². The molecule has 2 N–H and O–H groups in total. The first-order chi connectivity index (χ1) is 15.0. The van der Waals surface area contributed by atoms with Crippen LogP contribution in [0.2, 0.25) is 0 Å². The summed E-state index contributed by atoms with van der Waals surface area (Å²) in [4.78, 5) is 34.9. The lowest BCUT2D eigenvalue weighted by atomic mass is 10.0. The number of fused-ring (bicyclic) bond motifs is 1. The lowest BCUT2D eigenvalue weighted by molar-refractivity contribution is -0.116. The molecule has 0 aliphatic heterocycles. The second kappa shape index (κ2) is 8.93. The molecule has 1 amide bonds. The number of ketones is 1. The molecule has 0 saturated heterocycles. The lowest BCUT2D eigenvalue weighted by Crippen LogP contribution is -2.34. The third-order valence-electron chi connectivity index (χ3n) is 5.05. The van der Waals surface area contributed by atoms with Gasteiger partial charge in [0.1, 0.15) is 5.82 Å². The molecule has 2 aromatic heterocycles. The monoisotopic (exact) mass is 412 g/mol. The van der Waals surface area contributed by atoms with Gasteiger partial charge in [-0.15, -0.1) is 0 Å². The van der Waals surface area contributed by atoms with Crippen molar-refractivity contribution < 1.29 is 9.59 Å². The number of H-pyrrole nitrogens is 1. The highest BCUT2D eigenvalue weighted by molar-refractivity contribution is 6.14. The van der Waals surface area contributed by atoms with E-state index in [0.717, 1.165) is 27.7 Å². The maximum Gasteiger partial charge on any atom is 0.239 e. The number of anilines is 1. The lowest BCUT2D eigenvalue weighted by Gasteiger charge is -2.16. The molecule has 156 valence electrons. The van der Waals surface area contributed by atoms with Crippen molar-refractivity contribution in [2.45, 2.75) is 6.92 Å². The number of carbonyl (C=O) groups excluding carboxylic acids is 2. The van der Waals surface area contributed by atoms with Crippen molar-refractivity contribution in [3.05, 3.63) is 84.1 Å². The second-order valence-corrected chi connectivity index (χ2v) is 7.65. The minimum Gasteiger partial charge on any atom is -0.354 e. The van der Waals surface area contributed by atoms with Crippen molar-refractivity contribution in [3.63, 3.8) is 0 Å². The standard InChI is InChI=1S/C25H24N4O2/c1-17-12-13-22(26-14-17)28-23(31)16-29(2)15-21(30)24-19-10-6-7-11-20(19)27-25(24)18-8-4-3-5-9-18/h3-14,27H,15-16H2,1-2H3,(H,26,28,31). The van der Waals surface area contributed by atoms with E-state index in [1.807, 2.05) is 67.6 Å². The first-order valence-electron chi connectivity index (χ1n) is 10.1. The summed E-state index contributed by atoms with van der Waals surface area (Å²) in [6, 6.07) is 21.2. The van der Waals surface area contributed by atoms with Crippen molar-refractivity contribution in [2.24, 2.45) is 0 Å². The Labute approximate surface area is 180 Å². The number of carbonyl (C=O) groups is 2. The molecule has 0 fully saturated rings. The molecule has 6 heteroatoms. The zero-order chi connectivity index (χ0) is 21.8. The summed E-state index contributed by atoms with van der Waals surface area (Å²) in [6.07, 6.45) is 1.70. The summed E-state index contributed by atoms with van der Waals surface area (Å²) in [7, 11) is 1.76. The molecule has 4 aromatic rings. The fourth-order valence-electron chi connectivity index (χ4n) is 3.60. The Morgan fingerprint density at radius 3 is 2.45 bits per heavy atom. The average Bonchev–Trinajstić information content (AvgIpc) is 3.15. The van der Waals surface area contributed by atoms with Crippen molar-refractivity contribution in [1.82, 2.24) is 14.9 Å². The van der Waals surface area contributed by atoms with E-state index in [2.05, 4.69) is 15.3 Å². The van der Waals surface area contributed by atoms with E-state index in [-0.39, 0.29) is 24.8 Å². The number of pyridine rings is 1. The van der Waals surface area contributed by atoms with Gasteiger partial charge in [-0.3, -0.25) is 14.5 Å². The van der Waals surface area contributed by atoms with E-state index in [0.29, 0.717) is 11.4 Å². The number of benzene rings is 2. The number of aromatic nitrogens is 2. The summed E-state index contributed by atoms with van der Waals surface area (Å²) in [6.45, 7) is 2.15. The van der Waals surface area contributed by atoms with Crippen LogP contribution < -0.4 is 5.32 Å². The van der Waals surface area contributed by atoms with Crippen LogP contribution in [0.5, 0.6) is 0 Å². The third kappa shape index (κ3) is 4.70. The average molecular weight is 412 g/mol. The number of aryl methyl sites for hydroxylation is 1. The van der Waals surface area contributed by atoms with Crippen LogP contribution in [0.3, 0.4) is 0 Å². The molecule has 0 atom stereocenters. The Morgan fingerprint density at radius 1 is 0.968 bits per heavy atom. The van der Waals surface area contributed by atoms with E-state index < -0.39 is 0 Å². The van der Waals surface area contributed by atoms with Gasteiger partial charge in [0, 0.05) is 17.1 Å². The molecule has 0 bridgehead atoms. The summed E-state index contributed by atoms with van der Waals surface area (Å²) in [5, 5.41) is 3.65. The van der Waals surface area contributed by atoms with Crippen LogP contribution in [-0.4, -0.2) is 46.7 Å². The minimum absolute atomic E-state index is 0.0416. The highest BCUT2D eigenvalue weighted by Crippen LogP contribution is 2.30. The van der Waals surface area contributed by atoms with Gasteiger partial charge in [-0.05, 0) is 37.2 Å². The number of para-hydroxylation sites is 1. The number of Topliss-reactive ketones (excluding diaryl/α,β-unsaturated/α-hetero) is 1. The number of rotatable bonds is 7. The zero-order valence-corrected chi connectivity index (χ0v) is 17.6. The number of amides is 1. The maximum absolute atomic E-state index is 13.3. The number of nitrogens with zero attached hydrogens (tertiary/aromatic N) is 2. The topological polar surface area (TPSA) is 78.1 Å². The fraction of sp³-hybridized carbons (Fsp3) is 0.160. The molecule has 2 heterocycles. The Kier molecular flexibility index (Phi) is 5.91. The molecular weight excluding hydrogens is 388 g/mol. The molecule has 0 aliphatic carbocycles. The van der Waals surface area contributed by atoms with Crippen molar-refractivity contribution in [2.75, 3.05) is 25.5 Å². The summed E-state index contributed by atoms with van der Waals surface area (Å²) in [5.74, 6) is 0.243. The van der Waals surface area contributed by atoms with Crippen LogP contribution in [0.4, 0.5) is 5.82 Å². The smallest absolute Gasteiger partial charge is 0.239 e. The van der Waals surface area contributed by atoms with Gasteiger partial charge in [0.2, 0.25) is 5.91 Å². The highest BCUT2D eigenvalue weighted by atomic mass is 16.2. The molecule has 0 aliphatic rings. The number of hydrogen-bond acceptors (Lipinski definition) is 4. The SMILES string of the molecule is Cc1ccc(NC(=O)CN(C)CC(=O)c2c(-c3ccccc3)[nH]c3ccccc23)nc1. The molecule has 0 spiro atoms. The van der Waals surface area contributed by atoms with Gasteiger partial charge < -0.3 is 10.3 Å². The Bertz CT molecular complexity index is 1210. The Morgan fingerprint density at radius 2 is 1.71 bits per heavy atom. The normalized spacial score (nSPS) is 11.1. The van der Waals surface area contributed by atoms with Crippen LogP contribution in [-0.2, 0) is 4.79 Å². The maximum atomic E-state index is 13.3. The van der Waals surface area contributed by atoms with E-state index in [4.69, 9.17) is 0 Å². The molecule has 0 radical (unpaired) electrons. The van der Waals surface area contributed by atoms with Gasteiger partial charge in [0.15, 0.2) is 5.78 Å². The van der Waals surface area contributed by atoms with Crippen LogP contribution in [0.15, 0.2) is 72.9 Å². The fourth-order valence-corrected chi connectivity index (χ4v) is 3.60. The quantitative estimate of drug-likeness (QED) is 0.444. The summed E-state index contributed by atoms with van der Waals surface area (Å²) >= 11 is 0. The molecule has 6 nitrogen and oxygen atoms in total. The molecular formula is C25H24N4O2. The van der Waals surface area contributed by atoms with E-state index >= 15 is 0 Å². The minimum atomic E-state index is -0.214. The van der Waals surface area contributed by atoms with Gasteiger partial charge in [-0.1, -0.05) is 54.6 Å². The van der Waals surface area contributed by atoms with Crippen molar-refractivity contribution >= 4 is 28.4 Å². The van der Waals surface area contributed by atoms with Gasteiger partial charge in [0.05, 0.1) is 24.3 Å². The van der Waals surface area contributed by atoms with Crippen LogP contribution in [0.1, 0.15) is 15.9 Å². The van der Waals surface area contributed by atoms with Gasteiger partial charge in [-0.25, -0.2) is 4.98 Å². The zero-order valence-electron chi connectivity index (χ0n) is 17.6. The molecule has 2 aromatic carbocycles. The molecule has 0 unspecified atom stereocenters. The predicted molar refractivity (Wildman–Crippen MR) is 123 cm³/mol. The van der Waals surface area contributed by atoms with E-state index in [1.54, 1.807) is 24.2 Å². The predicted octanol–water partition coefficient (Wildman–Crippen LogP) is 4.29. The second-order valence-electron chi connectivity index (χ2n) is 7.65. The first kappa shape index (κ1) is 20.5. The number of aromatic amines is 1. The van der Waals surface area contributed by atoms with Gasteiger partial charge in [0.25, 0.3) is 0 Å². The molecule has 4 rings (SSSR count). The van der Waals surface area contributed by atoms with Gasteiger partial charge in [-0.2, -0.15) is 0 Å². The first-order valence-corrected chi connectivity index (χ1v) is 10.1. The summed E-state index contributed by atoms with van der Waals surface area (Å²) < 4.78 is 0. The van der Waals surface area contributed by atoms with Gasteiger partial charge >= 0.3 is 0 Å². The largest absolute Gasteiger partial charge is 0.354 e. The van der Waals surface area contributed by atoms with Crippen molar-refractivity contribution in [3.8, 4) is 11.3 Å². The molecule has 31 heavy (non-hydrogen) atoms. The Hall–Kier alpha value is -3.77. The summed E-state index contributed by atoms with van der Waals surface area (Å²) in [5.41, 5.74) is 4.33. The Balaban J connectivity index is 1.51. The number of likely N-dealkylation sites (N-methyl/N-ethyl adjacent to an activating group) is 1. The van der Waals surface area contributed by atoms with E-state index in [9.17, 15) is 9.59 Å². The number of hydrogen-bond donors (Lipinski definition) is 2. The number of nitrogens with one attached hydrogen (secondary N) is 2. The van der Waals surface area contributed by atoms with Crippen LogP contribution in [0, 0.1) is 6.92 Å². The van der Waals surface area contributed by atoms with E-state index in [1.165, 1.54) is 0 Å².